The lowest BCUT2D eigenvalue weighted by atomic mass is 10.0. The average Bonchev–Trinajstić information content (AvgIpc) is 2.40. The van der Waals surface area contributed by atoms with Gasteiger partial charge in [-0.2, -0.15) is 0 Å². The van der Waals surface area contributed by atoms with Crippen molar-refractivity contribution < 1.29 is 0 Å². The molecule has 0 spiro atoms. The van der Waals surface area contributed by atoms with Crippen LogP contribution in [0.5, 0.6) is 0 Å². The van der Waals surface area contributed by atoms with Gasteiger partial charge in [-0.1, -0.05) is 0 Å². The molecule has 1 fully saturated rings. The normalized spacial score (nSPS) is 18.1. The van der Waals surface area contributed by atoms with E-state index in [1.807, 2.05) is 0 Å². The minimum absolute atomic E-state index is 0.0194. The minimum atomic E-state index is 0.0194. The van der Waals surface area contributed by atoms with Crippen molar-refractivity contribution in [3.63, 3.8) is 0 Å². The molecule has 0 aliphatic carbocycles. The van der Waals surface area contributed by atoms with Crippen LogP contribution in [-0.2, 0) is 6.54 Å². The van der Waals surface area contributed by atoms with Gasteiger partial charge >= 0.3 is 0 Å². The van der Waals surface area contributed by atoms with Crippen LogP contribution in [0.4, 0.5) is 5.69 Å². The van der Waals surface area contributed by atoms with Crippen LogP contribution in [0, 0.1) is 0 Å². The first-order chi connectivity index (χ1) is 9.06. The van der Waals surface area contributed by atoms with Crippen LogP contribution in [0.2, 0.25) is 0 Å². The summed E-state index contributed by atoms with van der Waals surface area (Å²) in [5.41, 5.74) is 6.37. The Balaban J connectivity index is 1.88. The third-order valence-corrected chi connectivity index (χ3v) is 4.01. The largest absolute Gasteiger partial charge is 0.398 e. The maximum Gasteiger partial charge on any atom is 0.250 e. The van der Waals surface area contributed by atoms with E-state index in [1.54, 1.807) is 16.8 Å². The topological polar surface area (TPSA) is 54.5 Å². The fourth-order valence-corrected chi connectivity index (χ4v) is 2.61. The quantitative estimate of drug-likeness (QED) is 0.858. The van der Waals surface area contributed by atoms with Gasteiger partial charge in [0.1, 0.15) is 0 Å². The van der Waals surface area contributed by atoms with Gasteiger partial charge in [0.2, 0.25) is 0 Å². The maximum atomic E-state index is 11.7. The number of nitrogens with two attached hydrogens (primary N) is 1. The Hall–Kier alpha value is -1.33. The van der Waals surface area contributed by atoms with Gasteiger partial charge in [-0.05, 0) is 46.1 Å². The zero-order valence-electron chi connectivity index (χ0n) is 11.9. The predicted molar refractivity (Wildman–Crippen MR) is 78.3 cm³/mol. The van der Waals surface area contributed by atoms with E-state index in [-0.39, 0.29) is 5.56 Å². The Morgan fingerprint density at radius 1 is 1.37 bits per heavy atom. The number of rotatable bonds is 4. The number of hydrogen-bond acceptors (Lipinski definition) is 4. The molecule has 1 aromatic heterocycles. The van der Waals surface area contributed by atoms with E-state index in [9.17, 15) is 4.79 Å². The van der Waals surface area contributed by atoms with Gasteiger partial charge in [0.05, 0.1) is 0 Å². The molecule has 5 heteroatoms. The zero-order valence-corrected chi connectivity index (χ0v) is 11.9. The highest BCUT2D eigenvalue weighted by atomic mass is 16.1. The molecule has 19 heavy (non-hydrogen) atoms. The van der Waals surface area contributed by atoms with Crippen molar-refractivity contribution in [1.82, 2.24) is 14.4 Å². The van der Waals surface area contributed by atoms with Crippen molar-refractivity contribution in [1.29, 1.82) is 0 Å². The summed E-state index contributed by atoms with van der Waals surface area (Å²) in [6.45, 7) is 3.91. The average molecular weight is 264 g/mol. The molecule has 0 unspecified atom stereocenters. The Bertz CT molecular complexity index is 463. The van der Waals surface area contributed by atoms with Crippen molar-refractivity contribution in [2.24, 2.45) is 0 Å². The van der Waals surface area contributed by atoms with Gasteiger partial charge in [0.15, 0.2) is 0 Å². The van der Waals surface area contributed by atoms with Gasteiger partial charge < -0.3 is 20.1 Å². The van der Waals surface area contributed by atoms with Gasteiger partial charge in [-0.3, -0.25) is 4.79 Å². The molecule has 106 valence electrons. The van der Waals surface area contributed by atoms with Crippen molar-refractivity contribution in [2.45, 2.75) is 25.4 Å². The summed E-state index contributed by atoms with van der Waals surface area (Å²) in [7, 11) is 4.32. The molecule has 5 nitrogen and oxygen atoms in total. The molecule has 2 heterocycles. The number of likely N-dealkylation sites (tertiary alicyclic amines) is 1. The number of nitrogen functional groups attached to an aromatic ring is 1. The second-order valence-corrected chi connectivity index (χ2v) is 5.51. The number of nitrogens with zero attached hydrogens (tertiary/aromatic N) is 3. The summed E-state index contributed by atoms with van der Waals surface area (Å²) in [5.74, 6) is 0. The third kappa shape index (κ3) is 3.81. The molecule has 2 N–H and O–H groups in total. The van der Waals surface area contributed by atoms with E-state index in [2.05, 4.69) is 23.9 Å². The van der Waals surface area contributed by atoms with Crippen LogP contribution in [0.15, 0.2) is 23.1 Å². The van der Waals surface area contributed by atoms with E-state index in [1.165, 1.54) is 18.9 Å². The fourth-order valence-electron chi connectivity index (χ4n) is 2.61. The first-order valence-electron chi connectivity index (χ1n) is 6.91. The van der Waals surface area contributed by atoms with Gasteiger partial charge in [0, 0.05) is 37.1 Å². The highest BCUT2D eigenvalue weighted by molar-refractivity contribution is 5.33. The van der Waals surface area contributed by atoms with Crippen LogP contribution in [-0.4, -0.2) is 54.1 Å². The summed E-state index contributed by atoms with van der Waals surface area (Å²) in [5, 5.41) is 0. The molecular formula is C14H24N4O. The van der Waals surface area contributed by atoms with Crippen LogP contribution in [0.1, 0.15) is 12.8 Å². The number of pyridine rings is 1. The SMILES string of the molecule is CN1CCC(N(C)CCn2cc(N)ccc2=O)CC1. The lowest BCUT2D eigenvalue weighted by molar-refractivity contribution is 0.141. The lowest BCUT2D eigenvalue weighted by Crippen LogP contribution is -2.43. The summed E-state index contributed by atoms with van der Waals surface area (Å²) >= 11 is 0. The summed E-state index contributed by atoms with van der Waals surface area (Å²) in [4.78, 5) is 16.4. The van der Waals surface area contributed by atoms with E-state index < -0.39 is 0 Å². The molecule has 0 radical (unpaired) electrons. The number of piperidine rings is 1. The Kier molecular flexibility index (Phi) is 4.61. The van der Waals surface area contributed by atoms with Crippen LogP contribution in [0.25, 0.3) is 0 Å². The maximum absolute atomic E-state index is 11.7. The number of likely N-dealkylation sites (N-methyl/N-ethyl adjacent to an activating group) is 1. The van der Waals surface area contributed by atoms with E-state index >= 15 is 0 Å². The standard InChI is InChI=1S/C14H24N4O/c1-16-7-5-13(6-8-16)17(2)9-10-18-11-12(15)3-4-14(18)19/h3-4,11,13H,5-10,15H2,1-2H3. The van der Waals surface area contributed by atoms with Gasteiger partial charge in [0.25, 0.3) is 5.56 Å². The molecule has 1 aliphatic rings. The Morgan fingerprint density at radius 2 is 2.05 bits per heavy atom. The molecule has 0 atom stereocenters. The monoisotopic (exact) mass is 264 g/mol. The Morgan fingerprint density at radius 3 is 2.74 bits per heavy atom. The zero-order chi connectivity index (χ0) is 13.8. The Labute approximate surface area is 114 Å². The van der Waals surface area contributed by atoms with Gasteiger partial charge in [-0.15, -0.1) is 0 Å². The van der Waals surface area contributed by atoms with Crippen molar-refractivity contribution in [3.8, 4) is 0 Å². The molecule has 0 bridgehead atoms. The molecule has 2 rings (SSSR count). The van der Waals surface area contributed by atoms with E-state index in [4.69, 9.17) is 5.73 Å². The van der Waals surface area contributed by atoms with Crippen LogP contribution in [0.3, 0.4) is 0 Å². The van der Waals surface area contributed by atoms with Crippen molar-refractivity contribution in [3.05, 3.63) is 28.7 Å². The smallest absolute Gasteiger partial charge is 0.250 e. The molecule has 1 saturated heterocycles. The van der Waals surface area contributed by atoms with Gasteiger partial charge in [-0.25, -0.2) is 0 Å². The molecule has 0 aromatic carbocycles. The predicted octanol–water partition coefficient (Wildman–Crippen LogP) is 0.457. The minimum Gasteiger partial charge on any atom is -0.398 e. The molecule has 0 saturated carbocycles. The third-order valence-electron chi connectivity index (χ3n) is 4.01. The van der Waals surface area contributed by atoms with E-state index in [0.717, 1.165) is 19.6 Å². The first kappa shape index (κ1) is 14.1. The highest BCUT2D eigenvalue weighted by Gasteiger charge is 2.20. The second-order valence-electron chi connectivity index (χ2n) is 5.51. The second kappa shape index (κ2) is 6.21. The van der Waals surface area contributed by atoms with Crippen molar-refractivity contribution in [2.75, 3.05) is 39.5 Å². The number of hydrogen-bond donors (Lipinski definition) is 1. The summed E-state index contributed by atoms with van der Waals surface area (Å²) < 4.78 is 1.70. The molecule has 1 aliphatic heterocycles. The summed E-state index contributed by atoms with van der Waals surface area (Å²) in [6.07, 6.45) is 4.14. The van der Waals surface area contributed by atoms with Crippen LogP contribution < -0.4 is 11.3 Å². The number of aromatic nitrogens is 1. The first-order valence-corrected chi connectivity index (χ1v) is 6.91. The summed E-state index contributed by atoms with van der Waals surface area (Å²) in [6, 6.07) is 3.82. The van der Waals surface area contributed by atoms with E-state index in [0.29, 0.717) is 18.3 Å². The molecular weight excluding hydrogens is 240 g/mol. The molecule has 0 amide bonds. The van der Waals surface area contributed by atoms with Crippen LogP contribution >= 0.6 is 0 Å². The lowest BCUT2D eigenvalue weighted by Gasteiger charge is -2.35. The molecule has 1 aromatic rings. The highest BCUT2D eigenvalue weighted by Crippen LogP contribution is 2.13. The fraction of sp³-hybridized carbons (Fsp3) is 0.643. The van der Waals surface area contributed by atoms with Crippen molar-refractivity contribution >= 4 is 5.69 Å². The number of anilines is 1.